The lowest BCUT2D eigenvalue weighted by Gasteiger charge is -2.38. The number of hydrogen-bond acceptors (Lipinski definition) is 3. The molecular weight excluding hydrogens is 310 g/mol. The quantitative estimate of drug-likeness (QED) is 0.751. The second-order valence-corrected chi connectivity index (χ2v) is 6.63. The molecule has 0 saturated heterocycles. The van der Waals surface area contributed by atoms with E-state index in [4.69, 9.17) is 9.47 Å². The largest absolute Gasteiger partial charge is 0.494 e. The van der Waals surface area contributed by atoms with Gasteiger partial charge in [-0.2, -0.15) is 0 Å². The van der Waals surface area contributed by atoms with Gasteiger partial charge in [0.1, 0.15) is 11.5 Å². The van der Waals surface area contributed by atoms with Gasteiger partial charge in [0.2, 0.25) is 0 Å². The zero-order chi connectivity index (χ0) is 17.2. The van der Waals surface area contributed by atoms with Gasteiger partial charge in [0.05, 0.1) is 24.9 Å². The molecule has 0 radical (unpaired) electrons. The summed E-state index contributed by atoms with van der Waals surface area (Å²) in [6.45, 7) is 5.42. The maximum absolute atomic E-state index is 5.88. The molecule has 3 unspecified atom stereocenters. The van der Waals surface area contributed by atoms with Crippen molar-refractivity contribution in [3.05, 3.63) is 65.7 Å². The summed E-state index contributed by atoms with van der Waals surface area (Å²) < 4.78 is 11.5. The van der Waals surface area contributed by atoms with Crippen LogP contribution in [0.4, 0.5) is 5.69 Å². The van der Waals surface area contributed by atoms with Gasteiger partial charge in [-0.15, -0.1) is 0 Å². The molecule has 1 aliphatic heterocycles. The van der Waals surface area contributed by atoms with E-state index in [-0.39, 0.29) is 6.04 Å². The van der Waals surface area contributed by atoms with Crippen molar-refractivity contribution in [2.24, 2.45) is 5.92 Å². The lowest BCUT2D eigenvalue weighted by atomic mass is 9.77. The van der Waals surface area contributed by atoms with Crippen LogP contribution in [0.3, 0.4) is 0 Å². The third kappa shape index (κ3) is 2.88. The standard InChI is InChI=1S/C22H25NO2/c1-3-24-16-13-11-15(12-14-16)21-18-8-5-7-17(18)19-9-6-10-20(25-4-2)22(19)23-21/h5-7,9-14,17-18,21,23H,3-4,8H2,1-2H3. The fourth-order valence-corrected chi connectivity index (χ4v) is 4.14. The highest BCUT2D eigenvalue weighted by Gasteiger charge is 2.38. The van der Waals surface area contributed by atoms with Crippen LogP contribution in [0.1, 0.15) is 43.4 Å². The second-order valence-electron chi connectivity index (χ2n) is 6.63. The number of allylic oxidation sites excluding steroid dienone is 2. The van der Waals surface area contributed by atoms with E-state index in [9.17, 15) is 0 Å². The van der Waals surface area contributed by atoms with Crippen molar-refractivity contribution in [2.45, 2.75) is 32.2 Å². The van der Waals surface area contributed by atoms with Crippen LogP contribution in [-0.2, 0) is 0 Å². The fourth-order valence-electron chi connectivity index (χ4n) is 4.14. The summed E-state index contributed by atoms with van der Waals surface area (Å²) >= 11 is 0. The van der Waals surface area contributed by atoms with Crippen molar-refractivity contribution in [3.8, 4) is 11.5 Å². The van der Waals surface area contributed by atoms with E-state index in [1.165, 1.54) is 11.1 Å². The summed E-state index contributed by atoms with van der Waals surface area (Å²) in [5.74, 6) is 2.88. The number of nitrogens with one attached hydrogen (secondary N) is 1. The van der Waals surface area contributed by atoms with Gasteiger partial charge < -0.3 is 14.8 Å². The summed E-state index contributed by atoms with van der Waals surface area (Å²) in [7, 11) is 0. The zero-order valence-electron chi connectivity index (χ0n) is 14.9. The Hall–Kier alpha value is -2.42. The minimum absolute atomic E-state index is 0.282. The van der Waals surface area contributed by atoms with Crippen LogP contribution in [-0.4, -0.2) is 13.2 Å². The van der Waals surface area contributed by atoms with E-state index in [2.05, 4.69) is 59.9 Å². The Morgan fingerprint density at radius 2 is 1.80 bits per heavy atom. The maximum Gasteiger partial charge on any atom is 0.142 e. The molecule has 0 bridgehead atoms. The van der Waals surface area contributed by atoms with E-state index in [0.717, 1.165) is 23.6 Å². The number of para-hydroxylation sites is 1. The number of benzene rings is 2. The Labute approximate surface area is 149 Å². The van der Waals surface area contributed by atoms with Gasteiger partial charge >= 0.3 is 0 Å². The highest BCUT2D eigenvalue weighted by atomic mass is 16.5. The van der Waals surface area contributed by atoms with Crippen LogP contribution < -0.4 is 14.8 Å². The molecule has 1 heterocycles. The topological polar surface area (TPSA) is 30.5 Å². The summed E-state index contributed by atoms with van der Waals surface area (Å²) in [5.41, 5.74) is 3.81. The molecule has 3 heteroatoms. The van der Waals surface area contributed by atoms with Gasteiger partial charge in [-0.3, -0.25) is 0 Å². The number of ether oxygens (including phenoxy) is 2. The van der Waals surface area contributed by atoms with Crippen molar-refractivity contribution in [1.29, 1.82) is 0 Å². The molecule has 2 aromatic rings. The van der Waals surface area contributed by atoms with Gasteiger partial charge in [0.15, 0.2) is 0 Å². The smallest absolute Gasteiger partial charge is 0.142 e. The molecule has 4 rings (SSSR count). The molecule has 130 valence electrons. The molecule has 3 atom stereocenters. The Bertz CT molecular complexity index is 766. The van der Waals surface area contributed by atoms with Crippen molar-refractivity contribution in [3.63, 3.8) is 0 Å². The van der Waals surface area contributed by atoms with Crippen molar-refractivity contribution >= 4 is 5.69 Å². The lowest BCUT2D eigenvalue weighted by Crippen LogP contribution is -2.29. The van der Waals surface area contributed by atoms with Crippen LogP contribution >= 0.6 is 0 Å². The summed E-state index contributed by atoms with van der Waals surface area (Å²) in [5, 5.41) is 3.78. The summed E-state index contributed by atoms with van der Waals surface area (Å²) in [6.07, 6.45) is 5.79. The first-order chi connectivity index (χ1) is 12.3. The molecule has 25 heavy (non-hydrogen) atoms. The van der Waals surface area contributed by atoms with Crippen LogP contribution in [0.15, 0.2) is 54.6 Å². The average molecular weight is 335 g/mol. The predicted octanol–water partition coefficient (Wildman–Crippen LogP) is 5.31. The van der Waals surface area contributed by atoms with Crippen molar-refractivity contribution < 1.29 is 9.47 Å². The first-order valence-electron chi connectivity index (χ1n) is 9.23. The fraction of sp³-hybridized carbons (Fsp3) is 0.364. The molecule has 2 aromatic carbocycles. The van der Waals surface area contributed by atoms with Gasteiger partial charge in [0.25, 0.3) is 0 Å². The number of rotatable bonds is 5. The number of anilines is 1. The minimum atomic E-state index is 0.282. The Morgan fingerprint density at radius 3 is 2.56 bits per heavy atom. The first-order valence-corrected chi connectivity index (χ1v) is 9.23. The third-order valence-corrected chi connectivity index (χ3v) is 5.21. The highest BCUT2D eigenvalue weighted by Crippen LogP contribution is 2.52. The molecule has 1 aliphatic carbocycles. The number of fused-ring (bicyclic) bond motifs is 3. The van der Waals surface area contributed by atoms with E-state index in [1.807, 2.05) is 13.8 Å². The van der Waals surface area contributed by atoms with Gasteiger partial charge in [0, 0.05) is 5.92 Å². The van der Waals surface area contributed by atoms with Crippen molar-refractivity contribution in [1.82, 2.24) is 0 Å². The molecule has 0 spiro atoms. The lowest BCUT2D eigenvalue weighted by molar-refractivity contribution is 0.336. The Kier molecular flexibility index (Phi) is 4.39. The Balaban J connectivity index is 1.71. The highest BCUT2D eigenvalue weighted by molar-refractivity contribution is 5.67. The molecule has 3 nitrogen and oxygen atoms in total. The van der Waals surface area contributed by atoms with Crippen molar-refractivity contribution in [2.75, 3.05) is 18.5 Å². The van der Waals surface area contributed by atoms with Crippen LogP contribution in [0, 0.1) is 5.92 Å². The van der Waals surface area contributed by atoms with Crippen LogP contribution in [0.5, 0.6) is 11.5 Å². The average Bonchev–Trinajstić information content (AvgIpc) is 3.13. The monoisotopic (exact) mass is 335 g/mol. The van der Waals surface area contributed by atoms with E-state index in [1.54, 1.807) is 0 Å². The third-order valence-electron chi connectivity index (χ3n) is 5.21. The Morgan fingerprint density at radius 1 is 1.00 bits per heavy atom. The summed E-state index contributed by atoms with van der Waals surface area (Å²) in [6, 6.07) is 15.2. The van der Waals surface area contributed by atoms with Gasteiger partial charge in [-0.05, 0) is 55.5 Å². The molecular formula is C22H25NO2. The van der Waals surface area contributed by atoms with Crippen LogP contribution in [0.2, 0.25) is 0 Å². The first kappa shape index (κ1) is 16.1. The zero-order valence-corrected chi connectivity index (χ0v) is 14.9. The van der Waals surface area contributed by atoms with E-state index in [0.29, 0.717) is 25.0 Å². The normalized spacial score (nSPS) is 23.5. The molecule has 1 N–H and O–H groups in total. The SMILES string of the molecule is CCOc1ccc(C2Nc3c(OCC)cccc3C3C=CCC32)cc1. The van der Waals surface area contributed by atoms with E-state index < -0.39 is 0 Å². The van der Waals surface area contributed by atoms with Gasteiger partial charge in [-0.1, -0.05) is 36.4 Å². The van der Waals surface area contributed by atoms with Gasteiger partial charge in [-0.25, -0.2) is 0 Å². The molecule has 2 aliphatic rings. The number of hydrogen-bond donors (Lipinski definition) is 1. The van der Waals surface area contributed by atoms with Crippen LogP contribution in [0.25, 0.3) is 0 Å². The van der Waals surface area contributed by atoms with E-state index >= 15 is 0 Å². The molecule has 0 amide bonds. The predicted molar refractivity (Wildman–Crippen MR) is 102 cm³/mol. The summed E-state index contributed by atoms with van der Waals surface area (Å²) in [4.78, 5) is 0. The maximum atomic E-state index is 5.88. The molecule has 0 fully saturated rings. The molecule has 0 saturated carbocycles. The second kappa shape index (κ2) is 6.83. The minimum Gasteiger partial charge on any atom is -0.494 e. The molecule has 0 aromatic heterocycles.